The Kier molecular flexibility index (Phi) is 4.42. The first-order valence-electron chi connectivity index (χ1n) is 7.61. The van der Waals surface area contributed by atoms with Crippen molar-refractivity contribution in [3.05, 3.63) is 42.5 Å². The number of carbonyl (C=O) groups is 1. The number of benzene rings is 1. The first kappa shape index (κ1) is 16.7. The molecular weight excluding hydrogens is 330 g/mol. The maximum absolute atomic E-state index is 12.9. The van der Waals surface area contributed by atoms with Crippen LogP contribution in [0.15, 0.2) is 52.5 Å². The van der Waals surface area contributed by atoms with Crippen LogP contribution >= 0.6 is 0 Å². The molecular formula is C16H19N3O4S. The smallest absolute Gasteiger partial charge is 0.323 e. The number of fused-ring (bicyclic) bond motifs is 2. The van der Waals surface area contributed by atoms with E-state index >= 15 is 0 Å². The van der Waals surface area contributed by atoms with E-state index in [1.165, 1.54) is 7.05 Å². The van der Waals surface area contributed by atoms with Gasteiger partial charge < -0.3 is 5.32 Å². The number of hydrogen-bond donors (Lipinski definition) is 1. The summed E-state index contributed by atoms with van der Waals surface area (Å²) < 4.78 is 25.9. The number of hydrogen-bond acceptors (Lipinski definition) is 6. The molecule has 0 radical (unpaired) electrons. The van der Waals surface area contributed by atoms with Crippen molar-refractivity contribution in [2.24, 2.45) is 5.16 Å². The summed E-state index contributed by atoms with van der Waals surface area (Å²) in [6.07, 6.45) is 3.29. The molecule has 3 atom stereocenters. The lowest BCUT2D eigenvalue weighted by atomic mass is 10.1. The van der Waals surface area contributed by atoms with Gasteiger partial charge in [-0.25, -0.2) is 13.2 Å². The van der Waals surface area contributed by atoms with Gasteiger partial charge in [-0.2, -0.15) is 0 Å². The van der Waals surface area contributed by atoms with E-state index in [0.717, 1.165) is 0 Å². The lowest BCUT2D eigenvalue weighted by Crippen LogP contribution is -2.42. The van der Waals surface area contributed by atoms with E-state index in [2.05, 4.69) is 10.5 Å². The van der Waals surface area contributed by atoms with Crippen molar-refractivity contribution in [2.45, 2.75) is 28.6 Å². The van der Waals surface area contributed by atoms with E-state index in [9.17, 15) is 13.2 Å². The third kappa shape index (κ3) is 2.83. The molecule has 0 saturated carbocycles. The number of amides is 1. The minimum absolute atomic E-state index is 0.201. The molecule has 24 heavy (non-hydrogen) atoms. The van der Waals surface area contributed by atoms with Crippen LogP contribution in [0.5, 0.6) is 0 Å². The van der Waals surface area contributed by atoms with E-state index in [1.54, 1.807) is 42.5 Å². The van der Waals surface area contributed by atoms with E-state index in [0.29, 0.717) is 17.0 Å². The van der Waals surface area contributed by atoms with Crippen LogP contribution < -0.4 is 5.32 Å². The second-order valence-corrected chi connectivity index (χ2v) is 7.98. The van der Waals surface area contributed by atoms with Gasteiger partial charge >= 0.3 is 6.09 Å². The van der Waals surface area contributed by atoms with E-state index in [1.807, 2.05) is 11.9 Å². The second kappa shape index (κ2) is 6.37. The normalized spacial score (nSPS) is 28.1. The molecule has 1 fully saturated rings. The number of nitrogens with one attached hydrogen (secondary N) is 1. The summed E-state index contributed by atoms with van der Waals surface area (Å²) in [7, 11) is -0.153. The number of rotatable bonds is 3. The van der Waals surface area contributed by atoms with E-state index < -0.39 is 21.2 Å². The quantitative estimate of drug-likeness (QED) is 0.654. The van der Waals surface area contributed by atoms with Crippen molar-refractivity contribution < 1.29 is 18.0 Å². The van der Waals surface area contributed by atoms with Crippen molar-refractivity contribution in [1.82, 2.24) is 10.2 Å². The topological polar surface area (TPSA) is 88.1 Å². The predicted octanol–water partition coefficient (Wildman–Crippen LogP) is 1.18. The maximum atomic E-state index is 12.9. The monoisotopic (exact) mass is 349 g/mol. The summed E-state index contributed by atoms with van der Waals surface area (Å²) in [5.41, 5.74) is 0.545. The lowest BCUT2D eigenvalue weighted by Gasteiger charge is -2.28. The minimum atomic E-state index is -3.45. The molecule has 1 N–H and O–H groups in total. The van der Waals surface area contributed by atoms with Gasteiger partial charge in [-0.1, -0.05) is 29.4 Å². The molecule has 1 aromatic carbocycles. The van der Waals surface area contributed by atoms with Gasteiger partial charge in [-0.3, -0.25) is 9.74 Å². The van der Waals surface area contributed by atoms with Crippen molar-refractivity contribution in [3.8, 4) is 0 Å². The fraction of sp³-hybridized carbons (Fsp3) is 0.375. The van der Waals surface area contributed by atoms with Gasteiger partial charge in [0.2, 0.25) is 0 Å². The van der Waals surface area contributed by atoms with Gasteiger partial charge in [0.1, 0.15) is 0 Å². The SMILES string of the molecule is CNC(=O)O/N=C1\C=CC2C(S(=O)(=O)c3ccccc3)CC1N2C. The second-order valence-electron chi connectivity index (χ2n) is 5.81. The Labute approximate surface area is 140 Å². The first-order chi connectivity index (χ1) is 11.4. The Hall–Kier alpha value is -2.19. The fourth-order valence-electron chi connectivity index (χ4n) is 3.22. The summed E-state index contributed by atoms with van der Waals surface area (Å²) in [6.45, 7) is 0. The van der Waals surface area contributed by atoms with Gasteiger partial charge in [0.05, 0.1) is 21.9 Å². The van der Waals surface area contributed by atoms with Crippen molar-refractivity contribution in [3.63, 3.8) is 0 Å². The van der Waals surface area contributed by atoms with Crippen LogP contribution in [0.2, 0.25) is 0 Å². The molecule has 2 aliphatic heterocycles. The zero-order valence-corrected chi connectivity index (χ0v) is 14.2. The minimum Gasteiger partial charge on any atom is -0.323 e. The van der Waals surface area contributed by atoms with Crippen LogP contribution in [-0.2, 0) is 14.7 Å². The number of oxime groups is 1. The van der Waals surface area contributed by atoms with Crippen LogP contribution in [0.4, 0.5) is 4.79 Å². The molecule has 0 spiro atoms. The molecule has 2 bridgehead atoms. The molecule has 2 aliphatic rings. The van der Waals surface area contributed by atoms with Crippen molar-refractivity contribution in [1.29, 1.82) is 0 Å². The Morgan fingerprint density at radius 2 is 2.04 bits per heavy atom. The zero-order chi connectivity index (χ0) is 17.3. The van der Waals surface area contributed by atoms with Crippen molar-refractivity contribution in [2.75, 3.05) is 14.1 Å². The van der Waals surface area contributed by atoms with Crippen molar-refractivity contribution >= 4 is 21.6 Å². The molecule has 3 unspecified atom stereocenters. The third-order valence-corrected chi connectivity index (χ3v) is 6.71. The van der Waals surface area contributed by atoms with Crippen LogP contribution in [0.3, 0.4) is 0 Å². The van der Waals surface area contributed by atoms with Gasteiger partial charge in [-0.15, -0.1) is 0 Å². The highest BCUT2D eigenvalue weighted by atomic mass is 32.2. The highest BCUT2D eigenvalue weighted by Gasteiger charge is 2.48. The van der Waals surface area contributed by atoms with Gasteiger partial charge in [-0.05, 0) is 31.7 Å². The summed E-state index contributed by atoms with van der Waals surface area (Å²) in [6, 6.07) is 8.04. The number of carbonyl (C=O) groups excluding carboxylic acids is 1. The largest absolute Gasteiger partial charge is 0.433 e. The average molecular weight is 349 g/mol. The van der Waals surface area contributed by atoms with Crippen LogP contribution in [0, 0.1) is 0 Å². The summed E-state index contributed by atoms with van der Waals surface area (Å²) in [4.78, 5) is 18.2. The molecule has 1 saturated heterocycles. The Morgan fingerprint density at radius 1 is 1.33 bits per heavy atom. The fourth-order valence-corrected chi connectivity index (χ4v) is 5.19. The summed E-state index contributed by atoms with van der Waals surface area (Å²) in [5, 5.41) is 5.61. The summed E-state index contributed by atoms with van der Waals surface area (Å²) >= 11 is 0. The van der Waals surface area contributed by atoms with Crippen LogP contribution in [0.25, 0.3) is 0 Å². The first-order valence-corrected chi connectivity index (χ1v) is 9.15. The molecule has 0 aliphatic carbocycles. The van der Waals surface area contributed by atoms with Gasteiger partial charge in [0.15, 0.2) is 9.84 Å². The van der Waals surface area contributed by atoms with Gasteiger partial charge in [0, 0.05) is 13.1 Å². The molecule has 3 rings (SSSR count). The van der Waals surface area contributed by atoms with E-state index in [-0.39, 0.29) is 12.1 Å². The highest BCUT2D eigenvalue weighted by Crippen LogP contribution is 2.36. The van der Waals surface area contributed by atoms with Gasteiger partial charge in [0.25, 0.3) is 0 Å². The number of nitrogens with zero attached hydrogens (tertiary/aromatic N) is 2. The Morgan fingerprint density at radius 3 is 2.71 bits per heavy atom. The van der Waals surface area contributed by atoms with Crippen LogP contribution in [0.1, 0.15) is 6.42 Å². The molecule has 8 heteroatoms. The maximum Gasteiger partial charge on any atom is 0.433 e. The van der Waals surface area contributed by atoms with Crippen LogP contribution in [-0.4, -0.2) is 56.6 Å². The summed E-state index contributed by atoms with van der Waals surface area (Å²) in [5.74, 6) is 0. The average Bonchev–Trinajstić information content (AvgIpc) is 2.80. The molecule has 0 aromatic heterocycles. The standard InChI is InChI=1S/C16H19N3O4S/c1-17-16(20)23-18-12-8-9-13-15(10-14(12)19(13)2)24(21,22)11-6-4-3-5-7-11/h3-9,13-15H,10H2,1-2H3,(H,17,20)/b18-12+. The molecule has 128 valence electrons. The Bertz CT molecular complexity index is 789. The number of likely N-dealkylation sites (N-methyl/N-ethyl adjacent to an activating group) is 1. The number of sulfone groups is 1. The highest BCUT2D eigenvalue weighted by molar-refractivity contribution is 7.92. The molecule has 7 nitrogen and oxygen atoms in total. The lowest BCUT2D eigenvalue weighted by molar-refractivity contribution is 0.151. The molecule has 2 heterocycles. The Balaban J connectivity index is 1.87. The third-order valence-electron chi connectivity index (χ3n) is 4.51. The molecule has 1 amide bonds. The van der Waals surface area contributed by atoms with E-state index in [4.69, 9.17) is 4.84 Å². The molecule has 1 aromatic rings. The predicted molar refractivity (Wildman–Crippen MR) is 89.5 cm³/mol. The zero-order valence-electron chi connectivity index (χ0n) is 13.4.